The van der Waals surface area contributed by atoms with Gasteiger partial charge in [-0.25, -0.2) is 24.3 Å². The van der Waals surface area contributed by atoms with Gasteiger partial charge in [-0.2, -0.15) is 18.2 Å². The molecule has 4 aromatic rings. The third kappa shape index (κ3) is 4.70. The van der Waals surface area contributed by atoms with Crippen molar-refractivity contribution in [2.24, 2.45) is 7.05 Å². The number of rotatable bonds is 7. The van der Waals surface area contributed by atoms with Crippen molar-refractivity contribution in [2.75, 3.05) is 7.11 Å². The molecule has 1 saturated carbocycles. The summed E-state index contributed by atoms with van der Waals surface area (Å²) in [4.78, 5) is 20.9. The number of ether oxygens (including phenoxy) is 2. The molecular weight excluding hydrogens is 480 g/mol. The maximum absolute atomic E-state index is 14.8. The second-order valence-corrected chi connectivity index (χ2v) is 8.30. The van der Waals surface area contributed by atoms with E-state index >= 15 is 0 Å². The van der Waals surface area contributed by atoms with Crippen LogP contribution >= 0.6 is 0 Å². The quantitative estimate of drug-likeness (QED) is 0.332. The van der Waals surface area contributed by atoms with E-state index in [1.165, 1.54) is 38.8 Å². The van der Waals surface area contributed by atoms with E-state index in [1.807, 2.05) is 0 Å². The number of aryl methyl sites for hydroxylation is 1. The summed E-state index contributed by atoms with van der Waals surface area (Å²) in [6.07, 6.45) is 1.21. The second kappa shape index (κ2) is 9.17. The van der Waals surface area contributed by atoms with E-state index in [0.29, 0.717) is 28.7 Å². The van der Waals surface area contributed by atoms with Gasteiger partial charge in [0.2, 0.25) is 11.8 Å². The Balaban J connectivity index is 1.35. The molecule has 0 spiro atoms. The van der Waals surface area contributed by atoms with Crippen LogP contribution in [0.1, 0.15) is 35.7 Å². The monoisotopic (exact) mass is 500 g/mol. The first-order valence-corrected chi connectivity index (χ1v) is 11.0. The van der Waals surface area contributed by atoms with Gasteiger partial charge in [-0.1, -0.05) is 6.07 Å². The predicted octanol–water partition coefficient (Wildman–Crippen LogP) is 4.96. The van der Waals surface area contributed by atoms with Crippen molar-refractivity contribution >= 4 is 0 Å². The minimum absolute atomic E-state index is 0.0279. The Hall–Kier alpha value is -4.09. The Morgan fingerprint density at radius 1 is 1.08 bits per heavy atom. The fourth-order valence-corrected chi connectivity index (χ4v) is 3.80. The molecule has 3 aromatic heterocycles. The minimum atomic E-state index is -4.62. The summed E-state index contributed by atoms with van der Waals surface area (Å²) < 4.78 is 65.9. The van der Waals surface area contributed by atoms with Crippen molar-refractivity contribution in [2.45, 2.75) is 31.5 Å². The molecule has 3 heterocycles. The molecule has 8 nitrogen and oxygen atoms in total. The summed E-state index contributed by atoms with van der Waals surface area (Å²) in [7, 11) is 2.89. The summed E-state index contributed by atoms with van der Waals surface area (Å²) >= 11 is 0. The number of nitrogens with zero attached hydrogens (tertiary/aromatic N) is 6. The third-order valence-corrected chi connectivity index (χ3v) is 5.68. The van der Waals surface area contributed by atoms with Crippen LogP contribution in [0.15, 0.2) is 43.0 Å². The van der Waals surface area contributed by atoms with Crippen molar-refractivity contribution in [1.29, 1.82) is 0 Å². The molecule has 0 atom stereocenters. The highest BCUT2D eigenvalue weighted by Crippen LogP contribution is 2.44. The van der Waals surface area contributed by atoms with Crippen LogP contribution in [-0.2, 0) is 19.8 Å². The molecule has 0 unspecified atom stereocenters. The molecule has 0 aliphatic heterocycles. The average Bonchev–Trinajstić information content (AvgIpc) is 3.63. The molecule has 0 radical (unpaired) electrons. The Labute approximate surface area is 203 Å². The Morgan fingerprint density at radius 3 is 2.56 bits per heavy atom. The Kier molecular flexibility index (Phi) is 6.02. The molecular formula is C24H20F4N6O2. The zero-order chi connectivity index (χ0) is 25.4. The first-order valence-electron chi connectivity index (χ1n) is 11.0. The van der Waals surface area contributed by atoms with Gasteiger partial charge < -0.3 is 14.0 Å². The van der Waals surface area contributed by atoms with Gasteiger partial charge in [-0.05, 0) is 30.5 Å². The van der Waals surface area contributed by atoms with Gasteiger partial charge >= 0.3 is 6.18 Å². The van der Waals surface area contributed by atoms with Crippen LogP contribution in [0.25, 0.3) is 22.8 Å². The van der Waals surface area contributed by atoms with E-state index in [4.69, 9.17) is 9.47 Å². The summed E-state index contributed by atoms with van der Waals surface area (Å²) in [5.41, 5.74) is 0.749. The standard InChI is InChI=1S/C24H20F4N6O2/c1-34-10-17(24(26,27)28)32-22(34)15-6-3-13(9-16(15)25)11-36-18-7-8-29-21(33-18)19-20(14-4-5-14)30-12-31-23(19)35-2/h3,6-10,12,14H,4-5,11H2,1-2H3. The van der Waals surface area contributed by atoms with Crippen LogP contribution in [0.4, 0.5) is 17.6 Å². The topological polar surface area (TPSA) is 87.8 Å². The first-order chi connectivity index (χ1) is 17.2. The summed E-state index contributed by atoms with van der Waals surface area (Å²) in [6, 6.07) is 5.68. The number of alkyl halides is 3. The maximum atomic E-state index is 14.8. The smallest absolute Gasteiger partial charge is 0.434 e. The molecule has 0 N–H and O–H groups in total. The van der Waals surface area contributed by atoms with E-state index < -0.39 is 17.7 Å². The molecule has 5 rings (SSSR count). The average molecular weight is 500 g/mol. The normalized spacial score (nSPS) is 13.6. The third-order valence-electron chi connectivity index (χ3n) is 5.68. The number of hydrogen-bond donors (Lipinski definition) is 0. The minimum Gasteiger partial charge on any atom is -0.480 e. The highest BCUT2D eigenvalue weighted by molar-refractivity contribution is 5.66. The van der Waals surface area contributed by atoms with Gasteiger partial charge in [0.15, 0.2) is 11.5 Å². The number of aromatic nitrogens is 6. The Bertz CT molecular complexity index is 1420. The van der Waals surface area contributed by atoms with Gasteiger partial charge in [0.1, 0.15) is 30.1 Å². The zero-order valence-electron chi connectivity index (χ0n) is 19.3. The highest BCUT2D eigenvalue weighted by Gasteiger charge is 2.35. The molecule has 0 bridgehead atoms. The number of benzene rings is 1. The van der Waals surface area contributed by atoms with Gasteiger partial charge in [-0.3, -0.25) is 0 Å². The van der Waals surface area contributed by atoms with Gasteiger partial charge in [0.05, 0.1) is 18.4 Å². The van der Waals surface area contributed by atoms with Crippen LogP contribution in [0.2, 0.25) is 0 Å². The molecule has 186 valence electrons. The zero-order valence-corrected chi connectivity index (χ0v) is 19.3. The molecule has 12 heteroatoms. The second-order valence-electron chi connectivity index (χ2n) is 8.30. The molecule has 0 saturated heterocycles. The molecule has 0 amide bonds. The largest absolute Gasteiger partial charge is 0.480 e. The van der Waals surface area contributed by atoms with Crippen LogP contribution < -0.4 is 9.47 Å². The molecule has 1 aliphatic carbocycles. The number of hydrogen-bond acceptors (Lipinski definition) is 7. The summed E-state index contributed by atoms with van der Waals surface area (Å²) in [6.45, 7) is -0.0279. The lowest BCUT2D eigenvalue weighted by molar-refractivity contribution is -0.140. The van der Waals surface area contributed by atoms with E-state index in [2.05, 4.69) is 24.9 Å². The van der Waals surface area contributed by atoms with Crippen molar-refractivity contribution in [1.82, 2.24) is 29.5 Å². The number of halogens is 4. The van der Waals surface area contributed by atoms with E-state index in [1.54, 1.807) is 12.1 Å². The lowest BCUT2D eigenvalue weighted by Crippen LogP contribution is -2.05. The van der Waals surface area contributed by atoms with Crippen LogP contribution in [0.3, 0.4) is 0 Å². The van der Waals surface area contributed by atoms with Crippen LogP contribution in [-0.4, -0.2) is 36.6 Å². The lowest BCUT2D eigenvalue weighted by Gasteiger charge is -2.12. The van der Waals surface area contributed by atoms with Gasteiger partial charge in [0, 0.05) is 31.4 Å². The predicted molar refractivity (Wildman–Crippen MR) is 120 cm³/mol. The highest BCUT2D eigenvalue weighted by atomic mass is 19.4. The SMILES string of the molecule is COc1ncnc(C2CC2)c1-c1nccc(OCc2ccc(-c3nc(C(F)(F)F)cn3C)c(F)c2)n1. The van der Waals surface area contributed by atoms with Gasteiger partial charge in [0.25, 0.3) is 0 Å². The van der Waals surface area contributed by atoms with E-state index in [-0.39, 0.29) is 23.9 Å². The molecule has 36 heavy (non-hydrogen) atoms. The molecule has 1 aliphatic rings. The van der Waals surface area contributed by atoms with Crippen molar-refractivity contribution in [3.8, 4) is 34.5 Å². The summed E-state index contributed by atoms with van der Waals surface area (Å²) in [5.74, 6) is 0.419. The van der Waals surface area contributed by atoms with Crippen molar-refractivity contribution < 1.29 is 27.0 Å². The van der Waals surface area contributed by atoms with Crippen LogP contribution in [0, 0.1) is 5.82 Å². The first kappa shape index (κ1) is 23.6. The van der Waals surface area contributed by atoms with Gasteiger partial charge in [-0.15, -0.1) is 0 Å². The lowest BCUT2D eigenvalue weighted by atomic mass is 10.1. The van der Waals surface area contributed by atoms with E-state index in [9.17, 15) is 17.6 Å². The fourth-order valence-electron chi connectivity index (χ4n) is 3.80. The molecule has 1 fully saturated rings. The summed E-state index contributed by atoms with van der Waals surface area (Å²) in [5, 5.41) is 0. The van der Waals surface area contributed by atoms with Crippen molar-refractivity contribution in [3.05, 3.63) is 65.8 Å². The number of imidazole rings is 1. The van der Waals surface area contributed by atoms with E-state index in [0.717, 1.165) is 29.3 Å². The number of methoxy groups -OCH3 is 1. The van der Waals surface area contributed by atoms with Crippen molar-refractivity contribution in [3.63, 3.8) is 0 Å². The fraction of sp³-hybridized carbons (Fsp3) is 0.292. The molecule has 1 aromatic carbocycles. The Morgan fingerprint density at radius 2 is 1.89 bits per heavy atom. The maximum Gasteiger partial charge on any atom is 0.434 e. The van der Waals surface area contributed by atoms with Crippen LogP contribution in [0.5, 0.6) is 11.8 Å².